The van der Waals surface area contributed by atoms with Crippen LogP contribution in [0.3, 0.4) is 0 Å². The van der Waals surface area contributed by atoms with Gasteiger partial charge in [-0.15, -0.1) is 0 Å². The molecule has 2 N–H and O–H groups in total. The van der Waals surface area contributed by atoms with E-state index in [0.29, 0.717) is 28.9 Å². The lowest BCUT2D eigenvalue weighted by atomic mass is 10.0. The fraction of sp³-hybridized carbons (Fsp3) is 0.478. The molecule has 1 saturated heterocycles. The molecule has 0 spiro atoms. The molecule has 2 aromatic rings. The average Bonchev–Trinajstić information content (AvgIpc) is 3.10. The molecular formula is C23H31FN4O3. The van der Waals surface area contributed by atoms with Gasteiger partial charge in [0.05, 0.1) is 18.7 Å². The van der Waals surface area contributed by atoms with Crippen LogP contribution in [0.2, 0.25) is 0 Å². The number of esters is 1. The molecule has 0 bridgehead atoms. The molecule has 7 nitrogen and oxygen atoms in total. The summed E-state index contributed by atoms with van der Waals surface area (Å²) in [5.41, 5.74) is 3.58. The molecule has 1 aliphatic heterocycles. The standard InChI is InChI=1S/C23H31FN4O3/c1-6-18-20(23(30)31-5)14(2)21(26-18)22(29)25-15(3)17-13-16(24)7-8-19(17)28-11-9-27(4)10-12-28/h7-8,13,15,26H,6,9-12H2,1-5H3,(H,25,29). The SMILES string of the molecule is CCc1[nH]c(C(=O)NC(C)c2cc(F)ccc2N2CCN(C)CC2)c(C)c1C(=O)OC. The Labute approximate surface area is 182 Å². The second kappa shape index (κ2) is 9.51. The van der Waals surface area contributed by atoms with Gasteiger partial charge in [0.2, 0.25) is 0 Å². The van der Waals surface area contributed by atoms with Gasteiger partial charge in [-0.2, -0.15) is 0 Å². The molecule has 2 heterocycles. The van der Waals surface area contributed by atoms with Crippen molar-refractivity contribution in [2.45, 2.75) is 33.2 Å². The smallest absolute Gasteiger partial charge is 0.339 e. The number of carbonyl (C=O) groups is 2. The first-order valence-electron chi connectivity index (χ1n) is 10.6. The molecule has 1 amide bonds. The van der Waals surface area contributed by atoms with Crippen LogP contribution in [0.1, 0.15) is 57.6 Å². The third kappa shape index (κ3) is 4.74. The van der Waals surface area contributed by atoms with Crippen molar-refractivity contribution < 1.29 is 18.7 Å². The molecule has 1 aliphatic rings. The van der Waals surface area contributed by atoms with Gasteiger partial charge in [-0.05, 0) is 51.1 Å². The van der Waals surface area contributed by atoms with Crippen LogP contribution in [0.5, 0.6) is 0 Å². The van der Waals surface area contributed by atoms with Crippen LogP contribution in [0.15, 0.2) is 18.2 Å². The number of nitrogens with zero attached hydrogens (tertiary/aromatic N) is 2. The Kier molecular flexibility index (Phi) is 7.00. The lowest BCUT2D eigenvalue weighted by Gasteiger charge is -2.36. The predicted molar refractivity (Wildman–Crippen MR) is 118 cm³/mol. The highest BCUT2D eigenvalue weighted by molar-refractivity contribution is 6.00. The predicted octanol–water partition coefficient (Wildman–Crippen LogP) is 3.05. The summed E-state index contributed by atoms with van der Waals surface area (Å²) in [7, 11) is 3.40. The van der Waals surface area contributed by atoms with Crippen molar-refractivity contribution in [3.8, 4) is 0 Å². The van der Waals surface area contributed by atoms with Crippen LogP contribution in [0.25, 0.3) is 0 Å². The third-order valence-corrected chi connectivity index (χ3v) is 5.95. The van der Waals surface area contributed by atoms with Crippen molar-refractivity contribution in [1.29, 1.82) is 0 Å². The largest absolute Gasteiger partial charge is 0.465 e. The van der Waals surface area contributed by atoms with Crippen molar-refractivity contribution in [2.75, 3.05) is 45.2 Å². The first kappa shape index (κ1) is 22.8. The molecule has 0 aliphatic carbocycles. The summed E-state index contributed by atoms with van der Waals surface area (Å²) in [5.74, 6) is -1.16. The molecule has 168 valence electrons. The Morgan fingerprint density at radius 3 is 2.55 bits per heavy atom. The van der Waals surface area contributed by atoms with Gasteiger partial charge in [0.15, 0.2) is 0 Å². The quantitative estimate of drug-likeness (QED) is 0.689. The molecule has 8 heteroatoms. The van der Waals surface area contributed by atoms with Crippen LogP contribution >= 0.6 is 0 Å². The zero-order valence-corrected chi connectivity index (χ0v) is 18.8. The highest BCUT2D eigenvalue weighted by Gasteiger charge is 2.26. The molecule has 1 unspecified atom stereocenters. The number of hydrogen-bond donors (Lipinski definition) is 2. The van der Waals surface area contributed by atoms with Gasteiger partial charge in [-0.3, -0.25) is 4.79 Å². The van der Waals surface area contributed by atoms with E-state index in [1.54, 1.807) is 13.0 Å². The number of nitrogens with one attached hydrogen (secondary N) is 2. The maximum absolute atomic E-state index is 14.1. The lowest BCUT2D eigenvalue weighted by molar-refractivity contribution is 0.0599. The van der Waals surface area contributed by atoms with E-state index in [2.05, 4.69) is 27.1 Å². The zero-order valence-electron chi connectivity index (χ0n) is 18.8. The van der Waals surface area contributed by atoms with Crippen molar-refractivity contribution >= 4 is 17.6 Å². The van der Waals surface area contributed by atoms with E-state index in [0.717, 1.165) is 37.4 Å². The maximum atomic E-state index is 14.1. The van der Waals surface area contributed by atoms with Gasteiger partial charge >= 0.3 is 5.97 Å². The molecule has 1 fully saturated rings. The molecule has 3 rings (SSSR count). The van der Waals surface area contributed by atoms with Gasteiger partial charge < -0.3 is 24.8 Å². The number of anilines is 1. The van der Waals surface area contributed by atoms with Crippen LogP contribution in [0, 0.1) is 12.7 Å². The number of amides is 1. The number of halogens is 1. The first-order chi connectivity index (χ1) is 14.8. The summed E-state index contributed by atoms with van der Waals surface area (Å²) >= 11 is 0. The van der Waals surface area contributed by atoms with Gasteiger partial charge in [-0.25, -0.2) is 9.18 Å². The van der Waals surface area contributed by atoms with Crippen molar-refractivity contribution in [3.05, 3.63) is 52.1 Å². The second-order valence-corrected chi connectivity index (χ2v) is 8.01. The van der Waals surface area contributed by atoms with E-state index < -0.39 is 12.0 Å². The average molecular weight is 431 g/mol. The van der Waals surface area contributed by atoms with Gasteiger partial charge in [0.25, 0.3) is 5.91 Å². The van der Waals surface area contributed by atoms with Gasteiger partial charge in [-0.1, -0.05) is 6.92 Å². The van der Waals surface area contributed by atoms with Gasteiger partial charge in [0, 0.05) is 43.1 Å². The summed E-state index contributed by atoms with van der Waals surface area (Å²) < 4.78 is 19.0. The van der Waals surface area contributed by atoms with E-state index >= 15 is 0 Å². The number of H-pyrrole nitrogens is 1. The number of benzene rings is 1. The van der Waals surface area contributed by atoms with Crippen LogP contribution < -0.4 is 10.2 Å². The normalized spacial score (nSPS) is 15.6. The van der Waals surface area contributed by atoms with Crippen LogP contribution in [0.4, 0.5) is 10.1 Å². The first-order valence-corrected chi connectivity index (χ1v) is 10.6. The highest BCUT2D eigenvalue weighted by atomic mass is 19.1. The molecule has 1 atom stereocenters. The maximum Gasteiger partial charge on any atom is 0.339 e. The minimum absolute atomic E-state index is 0.321. The summed E-state index contributed by atoms with van der Waals surface area (Å²) in [6.07, 6.45) is 0.561. The third-order valence-electron chi connectivity index (χ3n) is 5.95. The Balaban J connectivity index is 1.86. The Bertz CT molecular complexity index is 964. The molecule has 0 saturated carbocycles. The fourth-order valence-electron chi connectivity index (χ4n) is 4.08. The number of aromatic nitrogens is 1. The number of methoxy groups -OCH3 is 1. The van der Waals surface area contributed by atoms with Crippen molar-refractivity contribution in [1.82, 2.24) is 15.2 Å². The molecule has 0 radical (unpaired) electrons. The Hall–Kier alpha value is -2.87. The molecule has 1 aromatic carbocycles. The monoisotopic (exact) mass is 430 g/mol. The van der Waals surface area contributed by atoms with Crippen LogP contribution in [-0.2, 0) is 11.2 Å². The number of rotatable bonds is 6. The second-order valence-electron chi connectivity index (χ2n) is 8.01. The number of aromatic amines is 1. The lowest BCUT2D eigenvalue weighted by Crippen LogP contribution is -2.45. The van der Waals surface area contributed by atoms with E-state index in [1.807, 2.05) is 13.8 Å². The number of aryl methyl sites for hydroxylation is 1. The van der Waals surface area contributed by atoms with Gasteiger partial charge in [0.1, 0.15) is 11.5 Å². The number of piperazine rings is 1. The zero-order chi connectivity index (χ0) is 22.7. The van der Waals surface area contributed by atoms with Crippen molar-refractivity contribution in [2.24, 2.45) is 0 Å². The summed E-state index contributed by atoms with van der Waals surface area (Å²) in [6.45, 7) is 9.00. The summed E-state index contributed by atoms with van der Waals surface area (Å²) in [6, 6.07) is 4.30. The number of likely N-dealkylation sites (N-methyl/N-ethyl adjacent to an activating group) is 1. The Morgan fingerprint density at radius 1 is 1.26 bits per heavy atom. The number of carbonyl (C=O) groups excluding carboxylic acids is 2. The van der Waals surface area contributed by atoms with E-state index in [1.165, 1.54) is 19.2 Å². The number of ether oxygens (including phenoxy) is 1. The van der Waals surface area contributed by atoms with E-state index in [4.69, 9.17) is 4.74 Å². The molecule has 31 heavy (non-hydrogen) atoms. The molecule has 1 aromatic heterocycles. The minimum atomic E-state index is -0.472. The van der Waals surface area contributed by atoms with Crippen LogP contribution in [-0.4, -0.2) is 62.1 Å². The minimum Gasteiger partial charge on any atom is -0.465 e. The van der Waals surface area contributed by atoms with E-state index in [-0.39, 0.29) is 11.7 Å². The van der Waals surface area contributed by atoms with E-state index in [9.17, 15) is 14.0 Å². The molecular weight excluding hydrogens is 399 g/mol. The highest BCUT2D eigenvalue weighted by Crippen LogP contribution is 2.29. The number of hydrogen-bond acceptors (Lipinski definition) is 5. The summed E-state index contributed by atoms with van der Waals surface area (Å²) in [4.78, 5) is 32.7. The summed E-state index contributed by atoms with van der Waals surface area (Å²) in [5, 5.41) is 2.96. The topological polar surface area (TPSA) is 77.7 Å². The fourth-order valence-corrected chi connectivity index (χ4v) is 4.08. The van der Waals surface area contributed by atoms with Crippen molar-refractivity contribution in [3.63, 3.8) is 0 Å². The Morgan fingerprint density at radius 2 is 1.94 bits per heavy atom.